The van der Waals surface area contributed by atoms with Gasteiger partial charge in [-0.15, -0.1) is 0 Å². The van der Waals surface area contributed by atoms with Gasteiger partial charge in [-0.25, -0.2) is 0 Å². The summed E-state index contributed by atoms with van der Waals surface area (Å²) in [7, 11) is 3.87. The molecule has 0 radical (unpaired) electrons. The number of rotatable bonds is 5. The standard InChI is InChI=1S/C19H17N3O4/c1-21(2)15-8-6-14(7-9-15)20-19(23)18-11-10-17(26-18)13-4-3-5-16(12-13)22(24)25/h3-12H,1-2H3,(H,20,23). The maximum absolute atomic E-state index is 12.3. The Morgan fingerprint density at radius 1 is 1.08 bits per heavy atom. The van der Waals surface area contributed by atoms with E-state index < -0.39 is 4.92 Å². The molecule has 1 N–H and O–H groups in total. The van der Waals surface area contributed by atoms with Gasteiger partial charge in [0.1, 0.15) is 5.76 Å². The minimum Gasteiger partial charge on any atom is -0.451 e. The second-order valence-corrected chi connectivity index (χ2v) is 5.87. The molecule has 0 unspecified atom stereocenters. The molecule has 7 nitrogen and oxygen atoms in total. The van der Waals surface area contributed by atoms with Crippen molar-refractivity contribution in [1.29, 1.82) is 0 Å². The highest BCUT2D eigenvalue weighted by molar-refractivity contribution is 6.02. The Labute approximate surface area is 150 Å². The second-order valence-electron chi connectivity index (χ2n) is 5.87. The number of nitrogens with zero attached hydrogens (tertiary/aromatic N) is 2. The summed E-state index contributed by atoms with van der Waals surface area (Å²) in [4.78, 5) is 24.7. The first-order valence-corrected chi connectivity index (χ1v) is 7.87. The third-order valence-corrected chi connectivity index (χ3v) is 3.81. The maximum atomic E-state index is 12.3. The summed E-state index contributed by atoms with van der Waals surface area (Å²) in [6.45, 7) is 0. The quantitative estimate of drug-likeness (QED) is 0.550. The summed E-state index contributed by atoms with van der Waals surface area (Å²) >= 11 is 0. The van der Waals surface area contributed by atoms with Gasteiger partial charge in [-0.3, -0.25) is 14.9 Å². The van der Waals surface area contributed by atoms with E-state index >= 15 is 0 Å². The molecule has 7 heteroatoms. The lowest BCUT2D eigenvalue weighted by Gasteiger charge is -2.12. The Hall–Kier alpha value is -3.61. The van der Waals surface area contributed by atoms with Crippen LogP contribution in [0.25, 0.3) is 11.3 Å². The molecule has 3 aromatic rings. The number of anilines is 2. The number of nitro benzene ring substituents is 1. The van der Waals surface area contributed by atoms with Gasteiger partial charge in [0.15, 0.2) is 5.76 Å². The van der Waals surface area contributed by atoms with Gasteiger partial charge in [0.2, 0.25) is 0 Å². The van der Waals surface area contributed by atoms with Crippen molar-refractivity contribution in [3.8, 4) is 11.3 Å². The number of hydrogen-bond acceptors (Lipinski definition) is 5. The number of furan rings is 1. The van der Waals surface area contributed by atoms with Crippen molar-refractivity contribution in [3.05, 3.63) is 76.5 Å². The molecule has 0 spiro atoms. The van der Waals surface area contributed by atoms with Gasteiger partial charge < -0.3 is 14.6 Å². The summed E-state index contributed by atoms with van der Waals surface area (Å²) in [6, 6.07) is 16.6. The monoisotopic (exact) mass is 351 g/mol. The smallest absolute Gasteiger partial charge is 0.291 e. The summed E-state index contributed by atoms with van der Waals surface area (Å²) in [5, 5.41) is 13.6. The average Bonchev–Trinajstić information content (AvgIpc) is 3.12. The molecule has 0 fully saturated rings. The Morgan fingerprint density at radius 3 is 2.46 bits per heavy atom. The van der Waals surface area contributed by atoms with Crippen LogP contribution in [-0.2, 0) is 0 Å². The average molecular weight is 351 g/mol. The van der Waals surface area contributed by atoms with Crippen LogP contribution >= 0.6 is 0 Å². The van der Waals surface area contributed by atoms with Crippen LogP contribution in [0, 0.1) is 10.1 Å². The second kappa shape index (κ2) is 7.10. The van der Waals surface area contributed by atoms with Crippen LogP contribution in [-0.4, -0.2) is 24.9 Å². The number of nitrogens with one attached hydrogen (secondary N) is 1. The molecule has 26 heavy (non-hydrogen) atoms. The first-order chi connectivity index (χ1) is 12.4. The van der Waals surface area contributed by atoms with Crippen LogP contribution in [0.1, 0.15) is 10.6 Å². The van der Waals surface area contributed by atoms with Crippen molar-refractivity contribution < 1.29 is 14.1 Å². The van der Waals surface area contributed by atoms with Gasteiger partial charge in [0.05, 0.1) is 4.92 Å². The summed E-state index contributed by atoms with van der Waals surface area (Å²) in [5.74, 6) is 0.129. The Morgan fingerprint density at radius 2 is 1.81 bits per heavy atom. The molecular weight excluding hydrogens is 334 g/mol. The summed E-state index contributed by atoms with van der Waals surface area (Å²) < 4.78 is 5.56. The predicted molar refractivity (Wildman–Crippen MR) is 99.5 cm³/mol. The van der Waals surface area contributed by atoms with E-state index in [1.807, 2.05) is 31.1 Å². The Balaban J connectivity index is 1.75. The van der Waals surface area contributed by atoms with Crippen molar-refractivity contribution >= 4 is 23.0 Å². The van der Waals surface area contributed by atoms with Gasteiger partial charge >= 0.3 is 0 Å². The lowest BCUT2D eigenvalue weighted by atomic mass is 10.1. The van der Waals surface area contributed by atoms with E-state index in [4.69, 9.17) is 4.42 Å². The Kier molecular flexibility index (Phi) is 4.70. The normalized spacial score (nSPS) is 10.4. The van der Waals surface area contributed by atoms with E-state index in [1.165, 1.54) is 18.2 Å². The number of hydrogen-bond donors (Lipinski definition) is 1. The van der Waals surface area contributed by atoms with E-state index in [2.05, 4.69) is 5.32 Å². The first kappa shape index (κ1) is 17.2. The molecule has 0 saturated carbocycles. The molecule has 0 aliphatic carbocycles. The van der Waals surface area contributed by atoms with Gasteiger partial charge in [0.25, 0.3) is 11.6 Å². The topological polar surface area (TPSA) is 88.6 Å². The highest BCUT2D eigenvalue weighted by Gasteiger charge is 2.14. The molecular formula is C19H17N3O4. The zero-order valence-corrected chi connectivity index (χ0v) is 14.3. The van der Waals surface area contributed by atoms with Gasteiger partial charge in [-0.1, -0.05) is 12.1 Å². The molecule has 3 rings (SSSR count). The molecule has 0 saturated heterocycles. The van der Waals surface area contributed by atoms with Crippen LogP contribution in [0.2, 0.25) is 0 Å². The van der Waals surface area contributed by atoms with E-state index in [9.17, 15) is 14.9 Å². The molecule has 0 bridgehead atoms. The van der Waals surface area contributed by atoms with Crippen LogP contribution in [0.3, 0.4) is 0 Å². The number of carbonyl (C=O) groups is 1. The van der Waals surface area contributed by atoms with E-state index in [-0.39, 0.29) is 17.4 Å². The number of nitro groups is 1. The zero-order valence-electron chi connectivity index (χ0n) is 14.3. The SMILES string of the molecule is CN(C)c1ccc(NC(=O)c2ccc(-c3cccc([N+](=O)[O-])c3)o2)cc1. The minimum atomic E-state index is -0.475. The molecule has 1 amide bonds. The Bertz CT molecular complexity index is 945. The fourth-order valence-electron chi connectivity index (χ4n) is 2.42. The van der Waals surface area contributed by atoms with E-state index in [0.29, 0.717) is 17.0 Å². The van der Waals surface area contributed by atoms with Gasteiger partial charge in [0, 0.05) is 43.2 Å². The van der Waals surface area contributed by atoms with Crippen molar-refractivity contribution in [2.45, 2.75) is 0 Å². The number of benzene rings is 2. The predicted octanol–water partition coefficient (Wildman–Crippen LogP) is 4.17. The molecule has 0 atom stereocenters. The van der Waals surface area contributed by atoms with Crippen molar-refractivity contribution in [3.63, 3.8) is 0 Å². The zero-order chi connectivity index (χ0) is 18.7. The molecule has 0 aliphatic heterocycles. The van der Waals surface area contributed by atoms with Crippen LogP contribution in [0.15, 0.2) is 65.1 Å². The lowest BCUT2D eigenvalue weighted by Crippen LogP contribution is -2.11. The molecule has 1 aromatic heterocycles. The van der Waals surface area contributed by atoms with Crippen molar-refractivity contribution in [2.24, 2.45) is 0 Å². The van der Waals surface area contributed by atoms with Crippen LogP contribution in [0.5, 0.6) is 0 Å². The first-order valence-electron chi connectivity index (χ1n) is 7.87. The van der Waals surface area contributed by atoms with Gasteiger partial charge in [-0.05, 0) is 36.4 Å². The third kappa shape index (κ3) is 3.72. The van der Waals surface area contributed by atoms with E-state index in [0.717, 1.165) is 5.69 Å². The lowest BCUT2D eigenvalue weighted by molar-refractivity contribution is -0.384. The molecule has 1 heterocycles. The maximum Gasteiger partial charge on any atom is 0.291 e. The number of non-ortho nitro benzene ring substituents is 1. The van der Waals surface area contributed by atoms with Crippen LogP contribution in [0.4, 0.5) is 17.1 Å². The summed E-state index contributed by atoms with van der Waals surface area (Å²) in [6.07, 6.45) is 0. The fourth-order valence-corrected chi connectivity index (χ4v) is 2.42. The molecule has 2 aromatic carbocycles. The van der Waals surface area contributed by atoms with Crippen molar-refractivity contribution in [1.82, 2.24) is 0 Å². The number of carbonyl (C=O) groups excluding carboxylic acids is 1. The van der Waals surface area contributed by atoms with Gasteiger partial charge in [-0.2, -0.15) is 0 Å². The van der Waals surface area contributed by atoms with Crippen molar-refractivity contribution in [2.75, 3.05) is 24.3 Å². The summed E-state index contributed by atoms with van der Waals surface area (Å²) in [5.41, 5.74) is 2.17. The fraction of sp³-hybridized carbons (Fsp3) is 0.105. The number of amides is 1. The minimum absolute atomic E-state index is 0.0362. The highest BCUT2D eigenvalue weighted by atomic mass is 16.6. The van der Waals surface area contributed by atoms with Crippen LogP contribution < -0.4 is 10.2 Å². The molecule has 0 aliphatic rings. The molecule has 132 valence electrons. The van der Waals surface area contributed by atoms with E-state index in [1.54, 1.807) is 30.3 Å². The highest BCUT2D eigenvalue weighted by Crippen LogP contribution is 2.26. The third-order valence-electron chi connectivity index (χ3n) is 3.81. The largest absolute Gasteiger partial charge is 0.451 e.